The molecule has 0 aromatic heterocycles. The number of nitrogens with two attached hydrogens (primary N) is 6. The summed E-state index contributed by atoms with van der Waals surface area (Å²) in [7, 11) is 0. The topological polar surface area (TPSA) is 156 Å². The molecular weight excluding hydrogens is 228 g/mol. The van der Waals surface area contributed by atoms with E-state index in [9.17, 15) is 0 Å². The van der Waals surface area contributed by atoms with Gasteiger partial charge in [0, 0.05) is 11.3 Å². The minimum atomic E-state index is 0.212. The summed E-state index contributed by atoms with van der Waals surface area (Å²) >= 11 is 0. The Bertz CT molecular complexity index is 574. The zero-order chi connectivity index (χ0) is 13.4. The Kier molecular flexibility index (Phi) is 2.55. The molecule has 0 aliphatic carbocycles. The molecule has 0 fully saturated rings. The summed E-state index contributed by atoms with van der Waals surface area (Å²) in [6.45, 7) is 0. The van der Waals surface area contributed by atoms with Gasteiger partial charge in [0.25, 0.3) is 0 Å². The van der Waals surface area contributed by atoms with Crippen molar-refractivity contribution >= 4 is 34.1 Å². The second-order valence-electron chi connectivity index (χ2n) is 4.07. The van der Waals surface area contributed by atoms with E-state index in [4.69, 9.17) is 34.4 Å². The number of rotatable bonds is 1. The molecule has 0 heterocycles. The molecule has 0 unspecified atom stereocenters. The van der Waals surface area contributed by atoms with Crippen LogP contribution in [-0.4, -0.2) is 0 Å². The van der Waals surface area contributed by atoms with E-state index in [1.165, 1.54) is 0 Å². The fourth-order valence-corrected chi connectivity index (χ4v) is 1.81. The normalized spacial score (nSPS) is 10.4. The van der Waals surface area contributed by atoms with Gasteiger partial charge in [-0.25, -0.2) is 0 Å². The fraction of sp³-hybridized carbons (Fsp3) is 0. The average Bonchev–Trinajstić information content (AvgIpc) is 2.36. The van der Waals surface area contributed by atoms with Gasteiger partial charge in [0.2, 0.25) is 0 Å². The van der Waals surface area contributed by atoms with Crippen LogP contribution in [0.1, 0.15) is 0 Å². The van der Waals surface area contributed by atoms with Gasteiger partial charge in [-0.15, -0.1) is 0 Å². The largest absolute Gasteiger partial charge is 0.399 e. The highest BCUT2D eigenvalue weighted by atomic mass is 14.8. The van der Waals surface area contributed by atoms with E-state index in [0.29, 0.717) is 22.6 Å². The molecule has 0 bridgehead atoms. The Hall–Kier alpha value is -2.76. The molecule has 0 spiro atoms. The van der Waals surface area contributed by atoms with Crippen LogP contribution in [-0.2, 0) is 0 Å². The summed E-state index contributed by atoms with van der Waals surface area (Å²) in [5.41, 5.74) is 38.2. The monoisotopic (exact) mass is 244 g/mol. The Morgan fingerprint density at radius 1 is 0.500 bits per heavy atom. The average molecular weight is 244 g/mol. The highest BCUT2D eigenvalue weighted by Crippen LogP contribution is 2.44. The van der Waals surface area contributed by atoms with Gasteiger partial charge in [-0.1, -0.05) is 12.1 Å². The van der Waals surface area contributed by atoms with Crippen molar-refractivity contribution in [2.45, 2.75) is 0 Å². The maximum Gasteiger partial charge on any atom is 0.0824 e. The van der Waals surface area contributed by atoms with Gasteiger partial charge in [-0.2, -0.15) is 0 Å². The van der Waals surface area contributed by atoms with Gasteiger partial charge < -0.3 is 34.4 Å². The van der Waals surface area contributed by atoms with Crippen molar-refractivity contribution in [3.8, 4) is 11.1 Å². The van der Waals surface area contributed by atoms with Crippen LogP contribution < -0.4 is 34.4 Å². The van der Waals surface area contributed by atoms with Crippen LogP contribution in [0.5, 0.6) is 0 Å². The third kappa shape index (κ3) is 1.60. The van der Waals surface area contributed by atoms with Crippen molar-refractivity contribution in [1.82, 2.24) is 0 Å². The van der Waals surface area contributed by atoms with Crippen molar-refractivity contribution in [1.29, 1.82) is 0 Å². The number of hydrogen-bond acceptors (Lipinski definition) is 6. The molecule has 2 aromatic rings. The lowest BCUT2D eigenvalue weighted by atomic mass is 9.98. The van der Waals surface area contributed by atoms with Gasteiger partial charge in [0.05, 0.1) is 28.4 Å². The molecule has 0 aliphatic heterocycles. The van der Waals surface area contributed by atoms with Crippen molar-refractivity contribution < 1.29 is 0 Å². The molecular formula is C12H16N6. The van der Waals surface area contributed by atoms with Gasteiger partial charge >= 0.3 is 0 Å². The van der Waals surface area contributed by atoms with Gasteiger partial charge in [-0.05, 0) is 17.7 Å². The number of nitrogen functional groups attached to an aromatic ring is 6. The van der Waals surface area contributed by atoms with Crippen LogP contribution in [0.4, 0.5) is 34.1 Å². The number of benzene rings is 2. The Morgan fingerprint density at radius 3 is 1.33 bits per heavy atom. The highest BCUT2D eigenvalue weighted by molar-refractivity contribution is 6.05. The molecule has 2 rings (SSSR count). The molecule has 0 saturated heterocycles. The van der Waals surface area contributed by atoms with E-state index in [1.807, 2.05) is 0 Å². The molecule has 2 aromatic carbocycles. The van der Waals surface area contributed by atoms with E-state index in [-0.39, 0.29) is 17.1 Å². The minimum Gasteiger partial charge on any atom is -0.399 e. The molecule has 6 nitrogen and oxygen atoms in total. The van der Waals surface area contributed by atoms with E-state index in [2.05, 4.69) is 0 Å². The maximum atomic E-state index is 5.95. The van der Waals surface area contributed by atoms with Crippen LogP contribution in [0.2, 0.25) is 0 Å². The molecule has 0 radical (unpaired) electrons. The molecule has 6 heteroatoms. The second kappa shape index (κ2) is 3.92. The zero-order valence-electron chi connectivity index (χ0n) is 9.77. The summed E-state index contributed by atoms with van der Waals surface area (Å²) in [6, 6.07) is 7.09. The van der Waals surface area contributed by atoms with Crippen LogP contribution >= 0.6 is 0 Å². The van der Waals surface area contributed by atoms with E-state index in [0.717, 1.165) is 5.56 Å². The van der Waals surface area contributed by atoms with Crippen molar-refractivity contribution in [3.05, 3.63) is 24.3 Å². The number of hydrogen-bond donors (Lipinski definition) is 6. The third-order valence-corrected chi connectivity index (χ3v) is 2.90. The first-order valence-corrected chi connectivity index (χ1v) is 5.30. The van der Waals surface area contributed by atoms with Crippen LogP contribution in [0.15, 0.2) is 24.3 Å². The predicted molar refractivity (Wildman–Crippen MR) is 78.4 cm³/mol. The van der Waals surface area contributed by atoms with Gasteiger partial charge in [-0.3, -0.25) is 0 Å². The zero-order valence-corrected chi connectivity index (χ0v) is 9.77. The van der Waals surface area contributed by atoms with Crippen molar-refractivity contribution in [3.63, 3.8) is 0 Å². The lowest BCUT2D eigenvalue weighted by molar-refractivity contribution is 1.58. The van der Waals surface area contributed by atoms with Crippen molar-refractivity contribution in [2.24, 2.45) is 0 Å². The standard InChI is InChI=1S/C12H16N6/c13-6-3-1-5(2-4-6)7-8(14)10(16)12(18)11(17)9(7)15/h1-4H,13-18H2. The molecule has 0 amide bonds. The van der Waals surface area contributed by atoms with Gasteiger partial charge in [0.15, 0.2) is 0 Å². The number of anilines is 6. The molecule has 0 aliphatic rings. The highest BCUT2D eigenvalue weighted by Gasteiger charge is 2.16. The first-order valence-electron chi connectivity index (χ1n) is 5.30. The first kappa shape index (κ1) is 11.7. The quantitative estimate of drug-likeness (QED) is 0.408. The van der Waals surface area contributed by atoms with Crippen LogP contribution in [0.25, 0.3) is 11.1 Å². The Balaban J connectivity index is 2.75. The SMILES string of the molecule is Nc1ccc(-c2c(N)c(N)c(N)c(N)c2N)cc1. The fourth-order valence-electron chi connectivity index (χ4n) is 1.81. The lowest BCUT2D eigenvalue weighted by Crippen LogP contribution is -2.09. The second-order valence-corrected chi connectivity index (χ2v) is 4.07. The molecule has 18 heavy (non-hydrogen) atoms. The lowest BCUT2D eigenvalue weighted by Gasteiger charge is -2.17. The van der Waals surface area contributed by atoms with Crippen molar-refractivity contribution in [2.75, 3.05) is 34.4 Å². The molecule has 12 N–H and O–H groups in total. The first-order chi connectivity index (χ1) is 8.43. The molecule has 0 saturated carbocycles. The van der Waals surface area contributed by atoms with E-state index in [1.54, 1.807) is 24.3 Å². The summed E-state index contributed by atoms with van der Waals surface area (Å²) in [6.07, 6.45) is 0. The predicted octanol–water partition coefficient (Wildman–Crippen LogP) is 0.847. The summed E-state index contributed by atoms with van der Waals surface area (Å²) in [5.74, 6) is 0. The van der Waals surface area contributed by atoms with Crippen LogP contribution in [0.3, 0.4) is 0 Å². The smallest absolute Gasteiger partial charge is 0.0824 e. The minimum absolute atomic E-state index is 0.212. The van der Waals surface area contributed by atoms with Crippen LogP contribution in [0, 0.1) is 0 Å². The Morgan fingerprint density at radius 2 is 0.889 bits per heavy atom. The summed E-state index contributed by atoms with van der Waals surface area (Å²) < 4.78 is 0. The summed E-state index contributed by atoms with van der Waals surface area (Å²) in [4.78, 5) is 0. The van der Waals surface area contributed by atoms with Gasteiger partial charge in [0.1, 0.15) is 0 Å². The third-order valence-electron chi connectivity index (χ3n) is 2.90. The molecule has 0 atom stereocenters. The maximum absolute atomic E-state index is 5.95. The Labute approximate surface area is 105 Å². The van der Waals surface area contributed by atoms with E-state index < -0.39 is 0 Å². The molecule has 94 valence electrons. The van der Waals surface area contributed by atoms with E-state index >= 15 is 0 Å². The summed E-state index contributed by atoms with van der Waals surface area (Å²) in [5, 5.41) is 0.